The van der Waals surface area contributed by atoms with Crippen molar-refractivity contribution in [3.05, 3.63) is 98.5 Å². The van der Waals surface area contributed by atoms with Crippen molar-refractivity contribution < 1.29 is 9.53 Å². The highest BCUT2D eigenvalue weighted by atomic mass is 35.5. The summed E-state index contributed by atoms with van der Waals surface area (Å²) in [6, 6.07) is 20.2. The minimum atomic E-state index is -0.478. The number of nitriles is 1. The molecule has 0 aliphatic rings. The van der Waals surface area contributed by atoms with E-state index in [4.69, 9.17) is 27.9 Å². The Bertz CT molecular complexity index is 1200. The van der Waals surface area contributed by atoms with Crippen LogP contribution < -0.4 is 10.1 Å². The highest BCUT2D eigenvalue weighted by molar-refractivity contribution is 6.32. The zero-order valence-corrected chi connectivity index (χ0v) is 18.6. The van der Waals surface area contributed by atoms with E-state index in [1.165, 1.54) is 6.08 Å². The number of hydrogen-bond donors (Lipinski definition) is 1. The predicted octanol–water partition coefficient (Wildman–Crippen LogP) is 6.73. The highest BCUT2D eigenvalue weighted by Gasteiger charge is 2.12. The van der Waals surface area contributed by atoms with Crippen molar-refractivity contribution in [2.45, 2.75) is 20.5 Å². The lowest BCUT2D eigenvalue weighted by molar-refractivity contribution is -0.112. The van der Waals surface area contributed by atoms with Crippen molar-refractivity contribution in [3.63, 3.8) is 0 Å². The third kappa shape index (κ3) is 6.11. The molecule has 0 saturated heterocycles. The third-order valence-corrected chi connectivity index (χ3v) is 5.09. The Kier molecular flexibility index (Phi) is 7.36. The quantitative estimate of drug-likeness (QED) is 0.334. The number of nitrogens with one attached hydrogen (secondary N) is 1. The lowest BCUT2D eigenvalue weighted by Crippen LogP contribution is -2.14. The normalized spacial score (nSPS) is 11.0. The minimum absolute atomic E-state index is 0.0235. The number of halogens is 2. The number of anilines is 1. The molecule has 6 heteroatoms. The van der Waals surface area contributed by atoms with E-state index in [0.717, 1.165) is 16.7 Å². The Morgan fingerprint density at radius 1 is 1.10 bits per heavy atom. The number of carbonyl (C=O) groups is 1. The van der Waals surface area contributed by atoms with E-state index in [0.29, 0.717) is 33.7 Å². The molecule has 3 aromatic rings. The minimum Gasteiger partial charge on any atom is -0.487 e. The van der Waals surface area contributed by atoms with Gasteiger partial charge in [-0.15, -0.1) is 0 Å². The van der Waals surface area contributed by atoms with Gasteiger partial charge in [0, 0.05) is 10.7 Å². The van der Waals surface area contributed by atoms with Crippen LogP contribution in [0.1, 0.15) is 22.3 Å². The van der Waals surface area contributed by atoms with Gasteiger partial charge in [-0.2, -0.15) is 5.26 Å². The van der Waals surface area contributed by atoms with E-state index in [9.17, 15) is 10.1 Å². The number of carbonyl (C=O) groups excluding carboxylic acids is 1. The van der Waals surface area contributed by atoms with Gasteiger partial charge in [-0.05, 0) is 72.5 Å². The van der Waals surface area contributed by atoms with E-state index in [1.54, 1.807) is 24.3 Å². The van der Waals surface area contributed by atoms with Crippen molar-refractivity contribution in [2.75, 3.05) is 5.32 Å². The van der Waals surface area contributed by atoms with Crippen molar-refractivity contribution >= 4 is 40.9 Å². The van der Waals surface area contributed by atoms with Gasteiger partial charge in [0.1, 0.15) is 24.0 Å². The molecule has 3 aromatic carbocycles. The summed E-state index contributed by atoms with van der Waals surface area (Å²) in [6.07, 6.45) is 1.49. The summed E-state index contributed by atoms with van der Waals surface area (Å²) >= 11 is 12.3. The maximum atomic E-state index is 12.6. The van der Waals surface area contributed by atoms with E-state index in [1.807, 2.05) is 56.3 Å². The number of ether oxygens (including phenoxy) is 1. The van der Waals surface area contributed by atoms with Gasteiger partial charge in [-0.25, -0.2) is 0 Å². The van der Waals surface area contributed by atoms with Crippen LogP contribution in [-0.4, -0.2) is 5.91 Å². The van der Waals surface area contributed by atoms with Crippen molar-refractivity contribution in [1.82, 2.24) is 0 Å². The molecule has 0 fully saturated rings. The number of nitrogens with zero attached hydrogens (tertiary/aromatic N) is 1. The zero-order valence-electron chi connectivity index (χ0n) is 17.1. The van der Waals surface area contributed by atoms with Gasteiger partial charge < -0.3 is 10.1 Å². The lowest BCUT2D eigenvalue weighted by atomic mass is 10.1. The van der Waals surface area contributed by atoms with Crippen molar-refractivity contribution in [3.8, 4) is 11.8 Å². The molecule has 0 bridgehead atoms. The maximum absolute atomic E-state index is 12.6. The number of aryl methyl sites for hydroxylation is 2. The Labute approximate surface area is 191 Å². The SMILES string of the molecule is Cc1ccc(C)c(NC(=O)/C(C#N)=C/c2ccc(OCc3cccc(Cl)c3)c(Cl)c2)c1. The third-order valence-electron chi connectivity index (χ3n) is 4.56. The predicted molar refractivity (Wildman–Crippen MR) is 125 cm³/mol. The molecule has 0 unspecified atom stereocenters. The molecule has 0 heterocycles. The summed E-state index contributed by atoms with van der Waals surface area (Å²) in [5, 5.41) is 13.3. The second-order valence-corrected chi connectivity index (χ2v) is 7.89. The Morgan fingerprint density at radius 2 is 1.90 bits per heavy atom. The Morgan fingerprint density at radius 3 is 2.61 bits per heavy atom. The van der Waals surface area contributed by atoms with Crippen LogP contribution in [0.3, 0.4) is 0 Å². The molecule has 0 atom stereocenters. The van der Waals surface area contributed by atoms with Crippen LogP contribution in [-0.2, 0) is 11.4 Å². The van der Waals surface area contributed by atoms with Gasteiger partial charge >= 0.3 is 0 Å². The van der Waals surface area contributed by atoms with Crippen LogP contribution in [0.4, 0.5) is 5.69 Å². The molecule has 0 saturated carbocycles. The summed E-state index contributed by atoms with van der Waals surface area (Å²) in [4.78, 5) is 12.6. The maximum Gasteiger partial charge on any atom is 0.266 e. The topological polar surface area (TPSA) is 62.1 Å². The van der Waals surface area contributed by atoms with Crippen LogP contribution >= 0.6 is 23.2 Å². The average Bonchev–Trinajstić information content (AvgIpc) is 2.74. The molecule has 0 spiro atoms. The first-order valence-corrected chi connectivity index (χ1v) is 10.3. The van der Waals surface area contributed by atoms with Crippen LogP contribution in [0, 0.1) is 25.2 Å². The van der Waals surface area contributed by atoms with Crippen molar-refractivity contribution in [2.24, 2.45) is 0 Å². The fourth-order valence-corrected chi connectivity index (χ4v) is 3.34. The van der Waals surface area contributed by atoms with Crippen LogP contribution in [0.25, 0.3) is 6.08 Å². The summed E-state index contributed by atoms with van der Waals surface area (Å²) in [5.74, 6) is 0.0192. The summed E-state index contributed by atoms with van der Waals surface area (Å²) in [5.41, 5.74) is 4.12. The fourth-order valence-electron chi connectivity index (χ4n) is 2.89. The molecule has 156 valence electrons. The first-order chi connectivity index (χ1) is 14.9. The number of rotatable bonds is 6. The molecule has 0 radical (unpaired) electrons. The highest BCUT2D eigenvalue weighted by Crippen LogP contribution is 2.28. The van der Waals surface area contributed by atoms with Crippen LogP contribution in [0.5, 0.6) is 5.75 Å². The van der Waals surface area contributed by atoms with Gasteiger partial charge in [-0.3, -0.25) is 4.79 Å². The van der Waals surface area contributed by atoms with Crippen molar-refractivity contribution in [1.29, 1.82) is 5.26 Å². The second kappa shape index (κ2) is 10.2. The van der Waals surface area contributed by atoms with Gasteiger partial charge in [0.15, 0.2) is 0 Å². The van der Waals surface area contributed by atoms with E-state index >= 15 is 0 Å². The summed E-state index contributed by atoms with van der Waals surface area (Å²) in [6.45, 7) is 4.15. The number of benzene rings is 3. The molecule has 1 N–H and O–H groups in total. The molecular weight excluding hydrogens is 431 g/mol. The fraction of sp³-hybridized carbons (Fsp3) is 0.120. The standard InChI is InChI=1S/C25H20Cl2N2O2/c1-16-6-7-17(2)23(10-16)29-25(30)20(14-28)11-18-8-9-24(22(27)13-18)31-15-19-4-3-5-21(26)12-19/h3-13H,15H2,1-2H3,(H,29,30)/b20-11+. The lowest BCUT2D eigenvalue weighted by Gasteiger charge is -2.10. The van der Waals surface area contributed by atoms with Gasteiger partial charge in [0.05, 0.1) is 5.02 Å². The number of amides is 1. The molecule has 4 nitrogen and oxygen atoms in total. The summed E-state index contributed by atoms with van der Waals surface area (Å²) < 4.78 is 5.76. The zero-order chi connectivity index (χ0) is 22.4. The molecule has 1 amide bonds. The first kappa shape index (κ1) is 22.4. The Hall–Kier alpha value is -3.26. The number of hydrogen-bond acceptors (Lipinski definition) is 3. The monoisotopic (exact) mass is 450 g/mol. The molecule has 3 rings (SSSR count). The van der Waals surface area contributed by atoms with E-state index in [2.05, 4.69) is 5.32 Å². The van der Waals surface area contributed by atoms with Gasteiger partial charge in [-0.1, -0.05) is 53.5 Å². The average molecular weight is 451 g/mol. The van der Waals surface area contributed by atoms with Crippen LogP contribution in [0.15, 0.2) is 66.2 Å². The smallest absolute Gasteiger partial charge is 0.266 e. The second-order valence-electron chi connectivity index (χ2n) is 7.05. The molecule has 31 heavy (non-hydrogen) atoms. The molecule has 0 aromatic heterocycles. The largest absolute Gasteiger partial charge is 0.487 e. The van der Waals surface area contributed by atoms with Gasteiger partial charge in [0.2, 0.25) is 0 Å². The first-order valence-electron chi connectivity index (χ1n) is 9.53. The Balaban J connectivity index is 1.73. The summed E-state index contributed by atoms with van der Waals surface area (Å²) in [7, 11) is 0. The molecule has 0 aliphatic heterocycles. The van der Waals surface area contributed by atoms with Crippen LogP contribution in [0.2, 0.25) is 10.0 Å². The molecule has 0 aliphatic carbocycles. The van der Waals surface area contributed by atoms with Gasteiger partial charge in [0.25, 0.3) is 5.91 Å². The van der Waals surface area contributed by atoms with E-state index in [-0.39, 0.29) is 5.57 Å². The van der Waals surface area contributed by atoms with E-state index < -0.39 is 5.91 Å². The molecular formula is C25H20Cl2N2O2.